The van der Waals surface area contributed by atoms with Gasteiger partial charge in [-0.15, -0.1) is 0 Å². The van der Waals surface area contributed by atoms with E-state index in [1.807, 2.05) is 0 Å². The Morgan fingerprint density at radius 1 is 0.527 bits per heavy atom. The summed E-state index contributed by atoms with van der Waals surface area (Å²) in [7, 11) is -2.74. The molecule has 9 aromatic rings. The largest absolute Gasteiger partial charge is 0.375 e. The van der Waals surface area contributed by atoms with E-state index >= 15 is 0 Å². The Labute approximate surface area is 321 Å². The third kappa shape index (κ3) is 3.04. The van der Waals surface area contributed by atoms with Gasteiger partial charge in [-0.25, -0.2) is 0 Å². The quantitative estimate of drug-likeness (QED) is 0.144. The molecule has 14 rings (SSSR count). The number of hydrogen-bond donors (Lipinski definition) is 0. The van der Waals surface area contributed by atoms with E-state index in [0.717, 1.165) is 0 Å². The zero-order valence-electron chi connectivity index (χ0n) is 30.6. The van der Waals surface area contributed by atoms with Crippen LogP contribution in [0.4, 0.5) is 17.1 Å². The molecular formula is C51H33BN2Si. The van der Waals surface area contributed by atoms with Gasteiger partial charge >= 0.3 is 6.85 Å². The summed E-state index contributed by atoms with van der Waals surface area (Å²) in [4.78, 5) is 2.69. The van der Waals surface area contributed by atoms with Crippen molar-refractivity contribution in [3.63, 3.8) is 0 Å². The van der Waals surface area contributed by atoms with Gasteiger partial charge in [0, 0.05) is 50.2 Å². The number of nitrogens with zero attached hydrogens (tertiary/aromatic N) is 2. The monoisotopic (exact) mass is 712 g/mol. The Balaban J connectivity index is 1.21. The van der Waals surface area contributed by atoms with Crippen LogP contribution in [0.15, 0.2) is 164 Å². The van der Waals surface area contributed by atoms with E-state index in [1.54, 1.807) is 0 Å². The molecule has 2 nitrogen and oxygen atoms in total. The lowest BCUT2D eigenvalue weighted by Gasteiger charge is -2.49. The molecule has 254 valence electrons. The first kappa shape index (κ1) is 29.1. The molecule has 0 N–H and O–H groups in total. The summed E-state index contributed by atoms with van der Waals surface area (Å²) < 4.78 is 2.80. The summed E-state index contributed by atoms with van der Waals surface area (Å²) >= 11 is 0. The maximum absolute atomic E-state index is 2.80. The zero-order chi connectivity index (χ0) is 35.9. The number of aromatic nitrogens is 1. The molecule has 0 bridgehead atoms. The highest BCUT2D eigenvalue weighted by Gasteiger charge is 2.57. The molecule has 0 radical (unpaired) electrons. The molecule has 8 aromatic carbocycles. The average molecular weight is 713 g/mol. The molecule has 1 aliphatic carbocycles. The van der Waals surface area contributed by atoms with E-state index in [4.69, 9.17) is 0 Å². The van der Waals surface area contributed by atoms with E-state index in [0.29, 0.717) is 0 Å². The highest BCUT2D eigenvalue weighted by Crippen LogP contribution is 2.56. The van der Waals surface area contributed by atoms with Gasteiger partial charge in [-0.05, 0) is 82.4 Å². The average Bonchev–Trinajstić information content (AvgIpc) is 3.82. The van der Waals surface area contributed by atoms with Crippen LogP contribution in [0, 0.1) is 0 Å². The minimum Gasteiger partial charge on any atom is -0.375 e. The Kier molecular flexibility index (Phi) is 5.00. The predicted octanol–water partition coefficient (Wildman–Crippen LogP) is 8.19. The maximum atomic E-state index is 2.80. The van der Waals surface area contributed by atoms with Crippen molar-refractivity contribution in [3.05, 3.63) is 175 Å². The first-order valence-electron chi connectivity index (χ1n) is 19.7. The van der Waals surface area contributed by atoms with Crippen molar-refractivity contribution in [1.82, 2.24) is 4.48 Å². The lowest BCUT2D eigenvalue weighted by Crippen LogP contribution is -2.77. The van der Waals surface area contributed by atoms with E-state index < -0.39 is 8.07 Å². The van der Waals surface area contributed by atoms with Gasteiger partial charge in [-0.3, -0.25) is 0 Å². The van der Waals surface area contributed by atoms with Gasteiger partial charge in [0.05, 0.1) is 0 Å². The summed E-state index contributed by atoms with van der Waals surface area (Å²) in [5, 5.41) is 10.0. The number of fused-ring (bicyclic) bond motifs is 20. The van der Waals surface area contributed by atoms with Gasteiger partial charge in [0.15, 0.2) is 8.07 Å². The molecule has 0 unspecified atom stereocenters. The molecule has 55 heavy (non-hydrogen) atoms. The van der Waals surface area contributed by atoms with Crippen LogP contribution < -0.4 is 36.6 Å². The molecule has 0 saturated heterocycles. The van der Waals surface area contributed by atoms with Crippen LogP contribution in [-0.2, 0) is 5.41 Å². The van der Waals surface area contributed by atoms with Crippen LogP contribution in [0.25, 0.3) is 55.2 Å². The van der Waals surface area contributed by atoms with Crippen LogP contribution in [0.2, 0.25) is 0 Å². The topological polar surface area (TPSA) is 8.17 Å². The first-order valence-corrected chi connectivity index (χ1v) is 21.7. The standard InChI is InChI=1S/C51H33BN2Si/c1-51(2)37-22-8-5-19-34(37)49-46(51)36-21-13-20-35-45-31-16-4-3-15-30(31)29-40-47(45)52(54(49)48(35)36)38-23-14-28-44-50(38)53(40)39-24-9-12-27-43(39)55(44)41-25-10-6-17-32(41)33-18-7-11-26-42(33)55/h3-29H,1-2H3. The second-order valence-corrected chi connectivity index (χ2v) is 20.4. The molecule has 0 saturated carbocycles. The van der Waals surface area contributed by atoms with Gasteiger partial charge in [-0.2, -0.15) is 0 Å². The molecule has 0 fully saturated rings. The van der Waals surface area contributed by atoms with Crippen molar-refractivity contribution in [2.45, 2.75) is 19.3 Å². The summed E-state index contributed by atoms with van der Waals surface area (Å²) in [5.74, 6) is 0. The molecule has 0 atom stereocenters. The number of anilines is 3. The number of hydrogen-bond acceptors (Lipinski definition) is 1. The number of para-hydroxylation sites is 3. The van der Waals surface area contributed by atoms with Gasteiger partial charge in [-0.1, -0.05) is 166 Å². The molecule has 5 heterocycles. The van der Waals surface area contributed by atoms with Crippen molar-refractivity contribution >= 4 is 85.3 Å². The van der Waals surface area contributed by atoms with E-state index in [1.165, 1.54) is 115 Å². The molecular weight excluding hydrogens is 679 g/mol. The van der Waals surface area contributed by atoms with Gasteiger partial charge in [0.2, 0.25) is 0 Å². The highest BCUT2D eigenvalue weighted by molar-refractivity contribution is 7.24. The normalized spacial score (nSPS) is 16.0. The Bertz CT molecular complexity index is 3230. The molecule has 1 aromatic heterocycles. The summed E-state index contributed by atoms with van der Waals surface area (Å²) in [6.07, 6.45) is 0. The summed E-state index contributed by atoms with van der Waals surface area (Å²) in [6, 6.07) is 63.4. The van der Waals surface area contributed by atoms with Crippen molar-refractivity contribution in [2.24, 2.45) is 0 Å². The maximum Gasteiger partial charge on any atom is 0.333 e. The highest BCUT2D eigenvalue weighted by atomic mass is 28.3. The Hall–Kier alpha value is -6.36. The first-order chi connectivity index (χ1) is 27.1. The van der Waals surface area contributed by atoms with Crippen LogP contribution in [0.3, 0.4) is 0 Å². The fourth-order valence-electron chi connectivity index (χ4n) is 12.3. The fraction of sp³-hybridized carbons (Fsp3) is 0.0588. The van der Waals surface area contributed by atoms with E-state index in [9.17, 15) is 0 Å². The second-order valence-electron chi connectivity index (χ2n) is 16.7. The lowest BCUT2D eigenvalue weighted by atomic mass is 9.44. The van der Waals surface area contributed by atoms with Crippen LogP contribution in [0.5, 0.6) is 0 Å². The minimum atomic E-state index is -2.74. The minimum absolute atomic E-state index is 0.00659. The third-order valence-electron chi connectivity index (χ3n) is 14.1. The lowest BCUT2D eigenvalue weighted by molar-refractivity contribution is 0.666. The third-order valence-corrected chi connectivity index (χ3v) is 19.0. The van der Waals surface area contributed by atoms with Crippen LogP contribution in [0.1, 0.15) is 25.0 Å². The number of benzene rings is 8. The summed E-state index contributed by atoms with van der Waals surface area (Å²) in [5.41, 5.74) is 19.3. The van der Waals surface area contributed by atoms with Crippen LogP contribution >= 0.6 is 0 Å². The molecule has 5 aliphatic rings. The van der Waals surface area contributed by atoms with Gasteiger partial charge in [0.25, 0.3) is 0 Å². The second kappa shape index (κ2) is 9.47. The Morgan fingerprint density at radius 3 is 1.96 bits per heavy atom. The molecule has 4 heteroatoms. The Morgan fingerprint density at radius 2 is 1.15 bits per heavy atom. The van der Waals surface area contributed by atoms with Crippen molar-refractivity contribution in [1.29, 1.82) is 0 Å². The summed E-state index contributed by atoms with van der Waals surface area (Å²) in [6.45, 7) is 4.88. The smallest absolute Gasteiger partial charge is 0.333 e. The fourth-order valence-corrected chi connectivity index (χ4v) is 17.8. The molecule has 1 spiro atoms. The number of rotatable bonds is 0. The van der Waals surface area contributed by atoms with Gasteiger partial charge in [0.1, 0.15) is 0 Å². The molecule has 4 aliphatic heterocycles. The van der Waals surface area contributed by atoms with E-state index in [2.05, 4.69) is 187 Å². The van der Waals surface area contributed by atoms with Crippen molar-refractivity contribution in [3.8, 4) is 33.5 Å². The van der Waals surface area contributed by atoms with Gasteiger partial charge < -0.3 is 9.38 Å². The van der Waals surface area contributed by atoms with E-state index in [-0.39, 0.29) is 12.3 Å². The zero-order valence-corrected chi connectivity index (χ0v) is 31.6. The molecule has 0 amide bonds. The predicted molar refractivity (Wildman–Crippen MR) is 234 cm³/mol. The van der Waals surface area contributed by atoms with Crippen LogP contribution in [-0.4, -0.2) is 19.4 Å². The SMILES string of the molecule is CC1(C)c2ccccc2-c2c1c1cccc3c1n2B1c2cccc4c2N(c2ccccc2[Si]42c4ccccc4-c4ccccc42)c2cc4ccccc4c-3c21. The van der Waals surface area contributed by atoms with Crippen molar-refractivity contribution < 1.29 is 0 Å². The van der Waals surface area contributed by atoms with Crippen molar-refractivity contribution in [2.75, 3.05) is 4.90 Å².